The van der Waals surface area contributed by atoms with Crippen LogP contribution in [-0.2, 0) is 0 Å². The molecule has 0 saturated heterocycles. The van der Waals surface area contributed by atoms with Crippen molar-refractivity contribution in [2.45, 2.75) is 25.3 Å². The van der Waals surface area contributed by atoms with E-state index in [1.807, 2.05) is 6.07 Å². The molecule has 0 aromatic carbocycles. The molecule has 0 bridgehead atoms. The summed E-state index contributed by atoms with van der Waals surface area (Å²) in [7, 11) is 0. The lowest BCUT2D eigenvalue weighted by molar-refractivity contribution is 0.283. The number of nitrogen functional groups attached to an aromatic ring is 1. The molecule has 2 heterocycles. The van der Waals surface area contributed by atoms with Gasteiger partial charge in [-0.1, -0.05) is 0 Å². The lowest BCUT2D eigenvalue weighted by Gasteiger charge is -2.38. The van der Waals surface area contributed by atoms with Gasteiger partial charge >= 0.3 is 0 Å². The van der Waals surface area contributed by atoms with Crippen LogP contribution in [0.3, 0.4) is 0 Å². The van der Waals surface area contributed by atoms with Crippen LogP contribution >= 0.6 is 0 Å². The highest BCUT2D eigenvalue weighted by Gasteiger charge is 2.27. The standard InChI is InChI=1S/C13H17N5O/c14-11-5-4-10-12(17-11)15-8-16-13(10)18(6-7-19)9-2-1-3-9/h4-5,8-9,19H,1-3,6-7H2,(H2,14,15,16,17). The Morgan fingerprint density at radius 3 is 2.84 bits per heavy atom. The normalized spacial score (nSPS) is 15.4. The van der Waals surface area contributed by atoms with Crippen LogP contribution in [0.5, 0.6) is 0 Å². The molecular formula is C13H17N5O. The highest BCUT2D eigenvalue weighted by molar-refractivity contribution is 5.87. The van der Waals surface area contributed by atoms with Crippen LogP contribution in [0.25, 0.3) is 11.0 Å². The number of rotatable bonds is 4. The summed E-state index contributed by atoms with van der Waals surface area (Å²) in [6.07, 6.45) is 5.04. The van der Waals surface area contributed by atoms with Gasteiger partial charge in [0.2, 0.25) is 0 Å². The summed E-state index contributed by atoms with van der Waals surface area (Å²) in [6.45, 7) is 0.700. The first-order valence-corrected chi connectivity index (χ1v) is 6.54. The van der Waals surface area contributed by atoms with Gasteiger partial charge in [-0.2, -0.15) is 0 Å². The van der Waals surface area contributed by atoms with E-state index in [9.17, 15) is 5.11 Å². The fourth-order valence-corrected chi connectivity index (χ4v) is 2.44. The number of nitrogens with zero attached hydrogens (tertiary/aromatic N) is 4. The predicted molar refractivity (Wildman–Crippen MR) is 73.8 cm³/mol. The lowest BCUT2D eigenvalue weighted by Crippen LogP contribution is -2.42. The Morgan fingerprint density at radius 1 is 1.32 bits per heavy atom. The minimum atomic E-state index is 0.115. The molecule has 0 radical (unpaired) electrons. The van der Waals surface area contributed by atoms with E-state index in [0.29, 0.717) is 24.1 Å². The number of anilines is 2. The fraction of sp³-hybridized carbons (Fsp3) is 0.462. The van der Waals surface area contributed by atoms with Gasteiger partial charge in [-0.3, -0.25) is 0 Å². The average Bonchev–Trinajstić information content (AvgIpc) is 2.35. The van der Waals surface area contributed by atoms with Crippen molar-refractivity contribution in [2.24, 2.45) is 0 Å². The molecule has 6 heteroatoms. The monoisotopic (exact) mass is 259 g/mol. The molecular weight excluding hydrogens is 242 g/mol. The second-order valence-electron chi connectivity index (χ2n) is 4.81. The molecule has 0 amide bonds. The molecule has 3 rings (SSSR count). The van der Waals surface area contributed by atoms with Crippen LogP contribution < -0.4 is 10.6 Å². The minimum Gasteiger partial charge on any atom is -0.395 e. The van der Waals surface area contributed by atoms with Crippen LogP contribution in [0.4, 0.5) is 11.6 Å². The van der Waals surface area contributed by atoms with Gasteiger partial charge in [0, 0.05) is 12.6 Å². The second-order valence-corrected chi connectivity index (χ2v) is 4.81. The van der Waals surface area contributed by atoms with Crippen molar-refractivity contribution in [3.63, 3.8) is 0 Å². The molecule has 1 aliphatic carbocycles. The van der Waals surface area contributed by atoms with E-state index >= 15 is 0 Å². The molecule has 2 aromatic heterocycles. The number of nitrogens with two attached hydrogens (primary N) is 1. The van der Waals surface area contributed by atoms with Gasteiger partial charge in [0.05, 0.1) is 12.0 Å². The molecule has 100 valence electrons. The van der Waals surface area contributed by atoms with Gasteiger partial charge in [-0.15, -0.1) is 0 Å². The van der Waals surface area contributed by atoms with Crippen LogP contribution in [0.2, 0.25) is 0 Å². The number of aliphatic hydroxyl groups is 1. The van der Waals surface area contributed by atoms with Crippen molar-refractivity contribution in [3.8, 4) is 0 Å². The number of aliphatic hydroxyl groups excluding tert-OH is 1. The van der Waals surface area contributed by atoms with Gasteiger partial charge in [0.25, 0.3) is 0 Å². The predicted octanol–water partition coefficient (Wildman–Crippen LogP) is 0.958. The molecule has 1 fully saturated rings. The zero-order valence-electron chi connectivity index (χ0n) is 10.7. The Balaban J connectivity index is 2.06. The molecule has 0 atom stereocenters. The third-order valence-corrected chi connectivity index (χ3v) is 3.63. The Hall–Kier alpha value is -1.95. The van der Waals surface area contributed by atoms with Crippen molar-refractivity contribution in [3.05, 3.63) is 18.5 Å². The SMILES string of the molecule is Nc1ccc2c(N(CCO)C3CCC3)ncnc2n1. The van der Waals surface area contributed by atoms with Crippen molar-refractivity contribution >= 4 is 22.7 Å². The number of aromatic nitrogens is 3. The van der Waals surface area contributed by atoms with Crippen LogP contribution in [0.1, 0.15) is 19.3 Å². The van der Waals surface area contributed by atoms with Crippen molar-refractivity contribution < 1.29 is 5.11 Å². The second kappa shape index (κ2) is 4.97. The highest BCUT2D eigenvalue weighted by atomic mass is 16.3. The molecule has 2 aromatic rings. The zero-order chi connectivity index (χ0) is 13.2. The van der Waals surface area contributed by atoms with Gasteiger partial charge in [0.1, 0.15) is 18.0 Å². The number of fused-ring (bicyclic) bond motifs is 1. The van der Waals surface area contributed by atoms with Crippen LogP contribution in [0.15, 0.2) is 18.5 Å². The third-order valence-electron chi connectivity index (χ3n) is 3.63. The highest BCUT2D eigenvalue weighted by Crippen LogP contribution is 2.31. The molecule has 6 nitrogen and oxygen atoms in total. The van der Waals surface area contributed by atoms with E-state index < -0.39 is 0 Å². The quantitative estimate of drug-likeness (QED) is 0.850. The third kappa shape index (κ3) is 2.19. The van der Waals surface area contributed by atoms with E-state index in [1.165, 1.54) is 12.7 Å². The first-order valence-electron chi connectivity index (χ1n) is 6.54. The Bertz CT molecular complexity index is 584. The van der Waals surface area contributed by atoms with E-state index in [0.717, 1.165) is 24.0 Å². The topological polar surface area (TPSA) is 88.2 Å². The van der Waals surface area contributed by atoms with Crippen LogP contribution in [-0.4, -0.2) is 39.3 Å². The Morgan fingerprint density at radius 2 is 2.16 bits per heavy atom. The molecule has 19 heavy (non-hydrogen) atoms. The van der Waals surface area contributed by atoms with E-state index in [4.69, 9.17) is 5.73 Å². The largest absolute Gasteiger partial charge is 0.395 e. The maximum atomic E-state index is 9.26. The number of pyridine rings is 1. The van der Waals surface area contributed by atoms with Gasteiger partial charge in [-0.05, 0) is 31.4 Å². The zero-order valence-corrected chi connectivity index (χ0v) is 10.7. The first kappa shape index (κ1) is 12.1. The van der Waals surface area contributed by atoms with Gasteiger partial charge in [0.15, 0.2) is 5.65 Å². The van der Waals surface area contributed by atoms with E-state index in [-0.39, 0.29) is 6.61 Å². The van der Waals surface area contributed by atoms with Crippen LogP contribution in [0, 0.1) is 0 Å². The molecule has 0 unspecified atom stereocenters. The lowest BCUT2D eigenvalue weighted by atomic mass is 9.91. The molecule has 0 spiro atoms. The first-order chi connectivity index (χ1) is 9.29. The summed E-state index contributed by atoms with van der Waals surface area (Å²) < 4.78 is 0. The average molecular weight is 259 g/mol. The van der Waals surface area contributed by atoms with Crippen molar-refractivity contribution in [1.29, 1.82) is 0 Å². The molecule has 3 N–H and O–H groups in total. The summed E-state index contributed by atoms with van der Waals surface area (Å²) in [5, 5.41) is 10.1. The summed E-state index contributed by atoms with van der Waals surface area (Å²) >= 11 is 0. The summed E-state index contributed by atoms with van der Waals surface area (Å²) in [6, 6.07) is 4.12. The summed E-state index contributed by atoms with van der Waals surface area (Å²) in [5.41, 5.74) is 6.28. The maximum Gasteiger partial charge on any atom is 0.166 e. The summed E-state index contributed by atoms with van der Waals surface area (Å²) in [4.78, 5) is 14.9. The van der Waals surface area contributed by atoms with Crippen molar-refractivity contribution in [1.82, 2.24) is 15.0 Å². The van der Waals surface area contributed by atoms with Gasteiger partial charge in [-0.25, -0.2) is 15.0 Å². The molecule has 1 aliphatic rings. The number of hydrogen-bond acceptors (Lipinski definition) is 6. The molecule has 0 aliphatic heterocycles. The minimum absolute atomic E-state index is 0.115. The number of hydrogen-bond donors (Lipinski definition) is 2. The summed E-state index contributed by atoms with van der Waals surface area (Å²) in [5.74, 6) is 1.30. The Kier molecular flexibility index (Phi) is 3.16. The fourth-order valence-electron chi connectivity index (χ4n) is 2.44. The van der Waals surface area contributed by atoms with Gasteiger partial charge < -0.3 is 15.7 Å². The smallest absolute Gasteiger partial charge is 0.166 e. The molecule has 1 saturated carbocycles. The van der Waals surface area contributed by atoms with Crippen molar-refractivity contribution in [2.75, 3.05) is 23.8 Å². The Labute approximate surface area is 111 Å². The van der Waals surface area contributed by atoms with E-state index in [2.05, 4.69) is 19.9 Å². The maximum absolute atomic E-state index is 9.26. The van der Waals surface area contributed by atoms with E-state index in [1.54, 1.807) is 6.07 Å².